The summed E-state index contributed by atoms with van der Waals surface area (Å²) in [5, 5.41) is 3.16. The number of nitrogens with one attached hydrogen (secondary N) is 1. The summed E-state index contributed by atoms with van der Waals surface area (Å²) in [5.41, 5.74) is 0.829. The molecular formula is C26H41FN2O2. The van der Waals surface area contributed by atoms with Crippen molar-refractivity contribution in [1.82, 2.24) is 10.2 Å². The van der Waals surface area contributed by atoms with Crippen LogP contribution in [0.1, 0.15) is 71.3 Å². The largest absolute Gasteiger partial charge is 0.497 e. The zero-order valence-corrected chi connectivity index (χ0v) is 19.9. The number of likely N-dealkylation sites (tertiary alicyclic amines) is 1. The average molecular weight is 433 g/mol. The third kappa shape index (κ3) is 6.21. The van der Waals surface area contributed by atoms with Crippen molar-refractivity contribution in [2.24, 2.45) is 11.3 Å². The Morgan fingerprint density at radius 3 is 2.45 bits per heavy atom. The summed E-state index contributed by atoms with van der Waals surface area (Å²) in [4.78, 5) is 15.7. The number of methoxy groups -OCH3 is 1. The van der Waals surface area contributed by atoms with E-state index in [4.69, 9.17) is 4.74 Å². The van der Waals surface area contributed by atoms with Gasteiger partial charge in [0.1, 0.15) is 11.9 Å². The summed E-state index contributed by atoms with van der Waals surface area (Å²) in [6, 6.07) is 7.92. The van der Waals surface area contributed by atoms with Crippen molar-refractivity contribution in [3.05, 3.63) is 29.8 Å². The molecule has 2 aliphatic rings. The topological polar surface area (TPSA) is 41.6 Å². The van der Waals surface area contributed by atoms with E-state index in [0.29, 0.717) is 13.1 Å². The van der Waals surface area contributed by atoms with Crippen LogP contribution in [0.25, 0.3) is 0 Å². The van der Waals surface area contributed by atoms with Crippen molar-refractivity contribution in [2.45, 2.75) is 77.3 Å². The van der Waals surface area contributed by atoms with Crippen molar-refractivity contribution in [3.63, 3.8) is 0 Å². The molecule has 0 spiro atoms. The summed E-state index contributed by atoms with van der Waals surface area (Å²) in [6.07, 6.45) is 5.99. The number of ether oxygens (including phenoxy) is 1. The van der Waals surface area contributed by atoms with Crippen LogP contribution in [-0.2, 0) is 10.2 Å². The predicted molar refractivity (Wildman–Crippen MR) is 124 cm³/mol. The van der Waals surface area contributed by atoms with Crippen LogP contribution in [0.2, 0.25) is 0 Å². The molecule has 1 aliphatic carbocycles. The minimum Gasteiger partial charge on any atom is -0.497 e. The number of carbonyl (C=O) groups excluding carboxylic acids is 1. The summed E-state index contributed by atoms with van der Waals surface area (Å²) in [5.74, 6) is 0.777. The lowest BCUT2D eigenvalue weighted by atomic mass is 9.68. The van der Waals surface area contributed by atoms with Crippen LogP contribution >= 0.6 is 0 Å². The standard InChI is InChI=1S/C26H41FN2O2/c1-25(2,3)15-17-29-16-12-20(23(27)19-29)18-28-24(30)26(13-6-5-7-14-26)21-8-10-22(31-4)11-9-21/h8-11,20,23H,5-7,12-19H2,1-4H3,(H,28,30). The Morgan fingerprint density at radius 1 is 1.19 bits per heavy atom. The lowest BCUT2D eigenvalue weighted by Gasteiger charge is -2.39. The van der Waals surface area contributed by atoms with Gasteiger partial charge in [0.2, 0.25) is 5.91 Å². The van der Waals surface area contributed by atoms with E-state index in [1.54, 1.807) is 7.11 Å². The molecule has 1 saturated heterocycles. The van der Waals surface area contributed by atoms with E-state index < -0.39 is 11.6 Å². The zero-order valence-electron chi connectivity index (χ0n) is 19.9. The number of piperidine rings is 1. The molecule has 1 heterocycles. The maximum absolute atomic E-state index is 14.9. The SMILES string of the molecule is COc1ccc(C2(C(=O)NCC3CCN(CCC(C)(C)C)CC3F)CCCCC2)cc1. The van der Waals surface area contributed by atoms with E-state index in [2.05, 4.69) is 31.0 Å². The Labute approximate surface area is 187 Å². The van der Waals surface area contributed by atoms with E-state index in [1.165, 1.54) is 6.42 Å². The minimum absolute atomic E-state index is 0.0692. The second-order valence-electron chi connectivity index (χ2n) is 10.8. The van der Waals surface area contributed by atoms with Gasteiger partial charge in [-0.3, -0.25) is 4.79 Å². The van der Waals surface area contributed by atoms with E-state index in [1.807, 2.05) is 24.3 Å². The molecule has 1 amide bonds. The number of nitrogens with zero attached hydrogens (tertiary/aromatic N) is 1. The molecule has 2 fully saturated rings. The molecule has 4 nitrogen and oxygen atoms in total. The van der Waals surface area contributed by atoms with Crippen LogP contribution in [0.3, 0.4) is 0 Å². The first kappa shape index (κ1) is 24.0. The van der Waals surface area contributed by atoms with E-state index in [9.17, 15) is 9.18 Å². The lowest BCUT2D eigenvalue weighted by Crippen LogP contribution is -2.50. The van der Waals surface area contributed by atoms with E-state index in [-0.39, 0.29) is 17.2 Å². The molecule has 1 N–H and O–H groups in total. The Kier molecular flexibility index (Phi) is 8.01. The minimum atomic E-state index is -0.877. The quantitative estimate of drug-likeness (QED) is 0.651. The van der Waals surface area contributed by atoms with Crippen LogP contribution in [0.5, 0.6) is 5.75 Å². The highest BCUT2D eigenvalue weighted by molar-refractivity contribution is 5.88. The summed E-state index contributed by atoms with van der Waals surface area (Å²) in [6.45, 7) is 9.47. The van der Waals surface area contributed by atoms with Gasteiger partial charge in [-0.1, -0.05) is 52.2 Å². The molecule has 1 saturated carbocycles. The predicted octanol–water partition coefficient (Wildman–Crippen LogP) is 5.11. The Bertz CT molecular complexity index is 707. The maximum Gasteiger partial charge on any atom is 0.230 e. The van der Waals surface area contributed by atoms with Gasteiger partial charge in [0.25, 0.3) is 0 Å². The Morgan fingerprint density at radius 2 is 1.87 bits per heavy atom. The number of benzene rings is 1. The monoisotopic (exact) mass is 432 g/mol. The second kappa shape index (κ2) is 10.3. The highest BCUT2D eigenvalue weighted by Crippen LogP contribution is 2.40. The third-order valence-corrected chi connectivity index (χ3v) is 7.25. The number of hydrogen-bond acceptors (Lipinski definition) is 3. The number of halogens is 1. The first-order valence-electron chi connectivity index (χ1n) is 12.0. The molecule has 0 aromatic heterocycles. The van der Waals surface area contributed by atoms with Crippen LogP contribution in [-0.4, -0.2) is 50.3 Å². The number of alkyl halides is 1. The van der Waals surface area contributed by atoms with Crippen LogP contribution in [0, 0.1) is 11.3 Å². The Balaban J connectivity index is 1.58. The second-order valence-corrected chi connectivity index (χ2v) is 10.8. The third-order valence-electron chi connectivity index (χ3n) is 7.25. The van der Waals surface area contributed by atoms with Crippen molar-refractivity contribution in [2.75, 3.05) is 33.3 Å². The number of carbonyl (C=O) groups is 1. The number of rotatable bonds is 7. The smallest absolute Gasteiger partial charge is 0.230 e. The van der Waals surface area contributed by atoms with Gasteiger partial charge >= 0.3 is 0 Å². The van der Waals surface area contributed by atoms with Crippen LogP contribution in [0.4, 0.5) is 4.39 Å². The van der Waals surface area contributed by atoms with Crippen molar-refractivity contribution < 1.29 is 13.9 Å². The molecule has 2 unspecified atom stereocenters. The molecular weight excluding hydrogens is 391 g/mol. The van der Waals surface area contributed by atoms with E-state index >= 15 is 0 Å². The number of hydrogen-bond donors (Lipinski definition) is 1. The van der Waals surface area contributed by atoms with Gasteiger partial charge in [0.15, 0.2) is 0 Å². The molecule has 1 aromatic rings. The van der Waals surface area contributed by atoms with Crippen molar-refractivity contribution in [3.8, 4) is 5.75 Å². The molecule has 0 radical (unpaired) electrons. The van der Waals surface area contributed by atoms with Crippen molar-refractivity contribution >= 4 is 5.91 Å². The molecule has 1 aliphatic heterocycles. The van der Waals surface area contributed by atoms with Crippen LogP contribution < -0.4 is 10.1 Å². The van der Waals surface area contributed by atoms with Gasteiger partial charge in [0.05, 0.1) is 12.5 Å². The van der Waals surface area contributed by atoms with Gasteiger partial charge in [-0.05, 0) is 61.9 Å². The lowest BCUT2D eigenvalue weighted by molar-refractivity contribution is -0.128. The highest BCUT2D eigenvalue weighted by atomic mass is 19.1. The van der Waals surface area contributed by atoms with Crippen molar-refractivity contribution in [1.29, 1.82) is 0 Å². The molecule has 5 heteroatoms. The van der Waals surface area contributed by atoms with E-state index in [0.717, 1.165) is 62.9 Å². The molecule has 3 rings (SSSR count). The fraction of sp³-hybridized carbons (Fsp3) is 0.731. The fourth-order valence-electron chi connectivity index (χ4n) is 5.05. The summed E-state index contributed by atoms with van der Waals surface area (Å²) in [7, 11) is 1.65. The van der Waals surface area contributed by atoms with Gasteiger partial charge in [-0.2, -0.15) is 0 Å². The molecule has 1 aromatic carbocycles. The Hall–Kier alpha value is -1.62. The van der Waals surface area contributed by atoms with Gasteiger partial charge in [-0.25, -0.2) is 4.39 Å². The summed E-state index contributed by atoms with van der Waals surface area (Å²) < 4.78 is 20.2. The van der Waals surface area contributed by atoms with Gasteiger partial charge in [0, 0.05) is 19.0 Å². The molecule has 2 atom stereocenters. The number of amides is 1. The summed E-state index contributed by atoms with van der Waals surface area (Å²) >= 11 is 0. The average Bonchev–Trinajstić information content (AvgIpc) is 2.77. The normalized spacial score (nSPS) is 24.5. The van der Waals surface area contributed by atoms with Crippen LogP contribution in [0.15, 0.2) is 24.3 Å². The zero-order chi connectivity index (χ0) is 22.5. The van der Waals surface area contributed by atoms with Gasteiger partial charge < -0.3 is 15.0 Å². The first-order chi connectivity index (χ1) is 14.7. The maximum atomic E-state index is 14.9. The first-order valence-corrected chi connectivity index (χ1v) is 12.0. The highest BCUT2D eigenvalue weighted by Gasteiger charge is 2.41. The fourth-order valence-corrected chi connectivity index (χ4v) is 5.05. The molecule has 174 valence electrons. The molecule has 31 heavy (non-hydrogen) atoms. The van der Waals surface area contributed by atoms with Gasteiger partial charge in [-0.15, -0.1) is 0 Å². The molecule has 0 bridgehead atoms.